The number of hydrogen-bond donors (Lipinski definition) is 0. The van der Waals surface area contributed by atoms with Gasteiger partial charge in [0, 0.05) is 18.7 Å². The van der Waals surface area contributed by atoms with Gasteiger partial charge in [-0.15, -0.1) is 6.42 Å². The van der Waals surface area contributed by atoms with Gasteiger partial charge in [0.05, 0.1) is 6.54 Å². The van der Waals surface area contributed by atoms with Gasteiger partial charge in [-0.25, -0.2) is 0 Å². The molecule has 0 unspecified atom stereocenters. The molecule has 2 nitrogen and oxygen atoms in total. The molecule has 1 aliphatic heterocycles. The van der Waals surface area contributed by atoms with E-state index in [1.807, 2.05) is 18.2 Å². The van der Waals surface area contributed by atoms with Gasteiger partial charge in [-0.1, -0.05) is 24.1 Å². The molecule has 0 amide bonds. The highest BCUT2D eigenvalue weighted by Gasteiger charge is 2.13. The Kier molecular flexibility index (Phi) is 2.71. The normalized spacial score (nSPS) is 16.2. The van der Waals surface area contributed by atoms with Crippen LogP contribution in [-0.2, 0) is 6.54 Å². The summed E-state index contributed by atoms with van der Waals surface area (Å²) < 4.78 is 5.61. The van der Waals surface area contributed by atoms with Crippen molar-refractivity contribution in [3.63, 3.8) is 0 Å². The zero-order valence-electron chi connectivity index (χ0n) is 8.07. The Balaban J connectivity index is 2.19. The first-order valence-corrected chi connectivity index (χ1v) is 4.76. The predicted octanol–water partition coefficient (Wildman–Crippen LogP) is 1.51. The number of ether oxygens (including phenoxy) is 1. The van der Waals surface area contributed by atoms with E-state index < -0.39 is 0 Å². The minimum Gasteiger partial charge on any atom is -0.492 e. The Morgan fingerprint density at radius 3 is 3.14 bits per heavy atom. The predicted molar refractivity (Wildman–Crippen MR) is 56.0 cm³/mol. The number of nitrogens with zero attached hydrogens (tertiary/aromatic N) is 1. The molecule has 0 fully saturated rings. The molecule has 1 heterocycles. The van der Waals surface area contributed by atoms with Gasteiger partial charge in [0.25, 0.3) is 0 Å². The number of para-hydroxylation sites is 1. The molecule has 1 aliphatic rings. The summed E-state index contributed by atoms with van der Waals surface area (Å²) in [6.07, 6.45) is 5.30. The minimum atomic E-state index is 0.692. The zero-order chi connectivity index (χ0) is 9.80. The molecular weight excluding hydrogens is 174 g/mol. The SMILES string of the molecule is C#CCN1CCOc2ccccc2C1. The van der Waals surface area contributed by atoms with E-state index in [0.29, 0.717) is 6.54 Å². The van der Waals surface area contributed by atoms with E-state index in [1.54, 1.807) is 0 Å². The smallest absolute Gasteiger partial charge is 0.123 e. The summed E-state index contributed by atoms with van der Waals surface area (Å²) in [4.78, 5) is 2.21. The summed E-state index contributed by atoms with van der Waals surface area (Å²) in [5.74, 6) is 3.66. The lowest BCUT2D eigenvalue weighted by molar-refractivity contribution is 0.245. The molecule has 0 saturated carbocycles. The monoisotopic (exact) mass is 187 g/mol. The van der Waals surface area contributed by atoms with Crippen LogP contribution in [0.5, 0.6) is 5.75 Å². The third-order valence-corrected chi connectivity index (χ3v) is 2.35. The fourth-order valence-corrected chi connectivity index (χ4v) is 1.64. The van der Waals surface area contributed by atoms with Crippen LogP contribution in [0.2, 0.25) is 0 Å². The van der Waals surface area contributed by atoms with Crippen molar-refractivity contribution >= 4 is 0 Å². The fourth-order valence-electron chi connectivity index (χ4n) is 1.64. The van der Waals surface area contributed by atoms with Crippen molar-refractivity contribution in [1.29, 1.82) is 0 Å². The molecule has 0 bridgehead atoms. The van der Waals surface area contributed by atoms with Crippen LogP contribution in [0.3, 0.4) is 0 Å². The van der Waals surface area contributed by atoms with Gasteiger partial charge >= 0.3 is 0 Å². The van der Waals surface area contributed by atoms with E-state index in [0.717, 1.165) is 25.4 Å². The topological polar surface area (TPSA) is 12.5 Å². The molecule has 1 aromatic carbocycles. The molecule has 72 valence electrons. The lowest BCUT2D eigenvalue weighted by Gasteiger charge is -2.15. The summed E-state index contributed by atoms with van der Waals surface area (Å²) in [5, 5.41) is 0. The quantitative estimate of drug-likeness (QED) is 0.618. The highest BCUT2D eigenvalue weighted by atomic mass is 16.5. The van der Waals surface area contributed by atoms with Crippen LogP contribution in [0.25, 0.3) is 0 Å². The molecule has 0 spiro atoms. The second-order valence-electron chi connectivity index (χ2n) is 3.37. The molecule has 1 aromatic rings. The van der Waals surface area contributed by atoms with Crippen molar-refractivity contribution < 1.29 is 4.74 Å². The van der Waals surface area contributed by atoms with Crippen molar-refractivity contribution in [2.45, 2.75) is 6.54 Å². The highest BCUT2D eigenvalue weighted by molar-refractivity contribution is 5.33. The first-order chi connectivity index (χ1) is 6.90. The Morgan fingerprint density at radius 2 is 2.29 bits per heavy atom. The van der Waals surface area contributed by atoms with Crippen LogP contribution < -0.4 is 4.74 Å². The van der Waals surface area contributed by atoms with E-state index in [9.17, 15) is 0 Å². The molecule has 0 radical (unpaired) electrons. The number of fused-ring (bicyclic) bond motifs is 1. The molecule has 0 N–H and O–H groups in total. The lowest BCUT2D eigenvalue weighted by atomic mass is 10.2. The Labute approximate surface area is 84.5 Å². The van der Waals surface area contributed by atoms with Crippen LogP contribution in [-0.4, -0.2) is 24.6 Å². The maximum atomic E-state index is 5.61. The van der Waals surface area contributed by atoms with Gasteiger partial charge in [-0.05, 0) is 6.07 Å². The summed E-state index contributed by atoms with van der Waals surface area (Å²) in [7, 11) is 0. The Bertz CT molecular complexity index is 354. The van der Waals surface area contributed by atoms with Gasteiger partial charge in [0.1, 0.15) is 12.4 Å². The van der Waals surface area contributed by atoms with Gasteiger partial charge in [-0.2, -0.15) is 0 Å². The number of benzene rings is 1. The van der Waals surface area contributed by atoms with Crippen LogP contribution in [0.4, 0.5) is 0 Å². The van der Waals surface area contributed by atoms with Crippen LogP contribution in [0.1, 0.15) is 5.56 Å². The third-order valence-electron chi connectivity index (χ3n) is 2.35. The average Bonchev–Trinajstić information content (AvgIpc) is 2.40. The molecule has 0 atom stereocenters. The van der Waals surface area contributed by atoms with E-state index in [-0.39, 0.29) is 0 Å². The van der Waals surface area contributed by atoms with Crippen molar-refractivity contribution in [1.82, 2.24) is 4.90 Å². The second-order valence-corrected chi connectivity index (χ2v) is 3.37. The second kappa shape index (κ2) is 4.17. The summed E-state index contributed by atoms with van der Waals surface area (Å²) >= 11 is 0. The van der Waals surface area contributed by atoms with Crippen molar-refractivity contribution in [2.24, 2.45) is 0 Å². The van der Waals surface area contributed by atoms with E-state index in [2.05, 4.69) is 16.9 Å². The van der Waals surface area contributed by atoms with E-state index in [4.69, 9.17) is 11.2 Å². The summed E-state index contributed by atoms with van der Waals surface area (Å²) in [6, 6.07) is 8.12. The van der Waals surface area contributed by atoms with Crippen LogP contribution >= 0.6 is 0 Å². The Hall–Kier alpha value is -1.46. The molecule has 0 aliphatic carbocycles. The molecule has 0 aromatic heterocycles. The standard InChI is InChI=1S/C12H13NO/c1-2-7-13-8-9-14-12-6-4-3-5-11(12)10-13/h1,3-6H,7-10H2. The molecule has 2 rings (SSSR count). The first-order valence-electron chi connectivity index (χ1n) is 4.76. The van der Waals surface area contributed by atoms with Gasteiger partial charge in [-0.3, -0.25) is 4.90 Å². The third kappa shape index (κ3) is 1.89. The number of rotatable bonds is 1. The van der Waals surface area contributed by atoms with Crippen molar-refractivity contribution in [3.8, 4) is 18.1 Å². The van der Waals surface area contributed by atoms with Gasteiger partial charge in [0.15, 0.2) is 0 Å². The highest BCUT2D eigenvalue weighted by Crippen LogP contribution is 2.21. The summed E-state index contributed by atoms with van der Waals surface area (Å²) in [5.41, 5.74) is 1.22. The number of hydrogen-bond acceptors (Lipinski definition) is 2. The zero-order valence-corrected chi connectivity index (χ0v) is 8.07. The molecular formula is C12H13NO. The average molecular weight is 187 g/mol. The maximum Gasteiger partial charge on any atom is 0.123 e. The molecule has 2 heteroatoms. The van der Waals surface area contributed by atoms with Gasteiger partial charge < -0.3 is 4.74 Å². The largest absolute Gasteiger partial charge is 0.492 e. The summed E-state index contributed by atoms with van der Waals surface area (Å²) in [6.45, 7) is 3.20. The van der Waals surface area contributed by atoms with Gasteiger partial charge in [0.2, 0.25) is 0 Å². The Morgan fingerprint density at radius 1 is 1.43 bits per heavy atom. The maximum absolute atomic E-state index is 5.61. The van der Waals surface area contributed by atoms with Crippen molar-refractivity contribution in [2.75, 3.05) is 19.7 Å². The van der Waals surface area contributed by atoms with Crippen LogP contribution in [0.15, 0.2) is 24.3 Å². The molecule has 0 saturated heterocycles. The first kappa shape index (κ1) is 9.11. The molecule has 14 heavy (non-hydrogen) atoms. The lowest BCUT2D eigenvalue weighted by Crippen LogP contribution is -2.25. The van der Waals surface area contributed by atoms with E-state index >= 15 is 0 Å². The minimum absolute atomic E-state index is 0.692. The number of terminal acetylenes is 1. The fraction of sp³-hybridized carbons (Fsp3) is 0.333. The van der Waals surface area contributed by atoms with Crippen LogP contribution in [0, 0.1) is 12.3 Å². The van der Waals surface area contributed by atoms with E-state index in [1.165, 1.54) is 5.56 Å². The van der Waals surface area contributed by atoms with Crippen molar-refractivity contribution in [3.05, 3.63) is 29.8 Å².